The Balaban J connectivity index is 1.44. The van der Waals surface area contributed by atoms with Gasteiger partial charge in [-0.1, -0.05) is 11.8 Å². The molecular formula is C14H21N3O3S. The van der Waals surface area contributed by atoms with Crippen LogP contribution in [0.3, 0.4) is 0 Å². The third-order valence-corrected chi connectivity index (χ3v) is 5.71. The molecule has 0 atom stereocenters. The predicted molar refractivity (Wildman–Crippen MR) is 79.9 cm³/mol. The van der Waals surface area contributed by atoms with E-state index in [-0.39, 0.29) is 22.5 Å². The normalized spacial score (nSPS) is 24.8. The highest BCUT2D eigenvalue weighted by Gasteiger charge is 2.41. The molecule has 0 unspecified atom stereocenters. The summed E-state index contributed by atoms with van der Waals surface area (Å²) < 4.78 is 0. The number of carbonyl (C=O) groups is 3. The zero-order valence-electron chi connectivity index (χ0n) is 12.1. The first kappa shape index (κ1) is 14.7. The lowest BCUT2D eigenvalue weighted by atomic mass is 9.77. The van der Waals surface area contributed by atoms with Crippen LogP contribution < -0.4 is 5.32 Å². The highest BCUT2D eigenvalue weighted by molar-refractivity contribution is 8.13. The molecule has 0 aromatic heterocycles. The van der Waals surface area contributed by atoms with E-state index in [4.69, 9.17) is 0 Å². The fourth-order valence-corrected chi connectivity index (χ4v) is 4.20. The molecular weight excluding hydrogens is 290 g/mol. The van der Waals surface area contributed by atoms with Crippen molar-refractivity contribution >= 4 is 28.8 Å². The third-order valence-electron chi connectivity index (χ3n) is 4.81. The van der Waals surface area contributed by atoms with Crippen LogP contribution >= 0.6 is 11.8 Å². The van der Waals surface area contributed by atoms with Gasteiger partial charge in [0.15, 0.2) is 0 Å². The van der Waals surface area contributed by atoms with E-state index in [0.717, 1.165) is 44.8 Å². The Morgan fingerprint density at radius 3 is 2.57 bits per heavy atom. The van der Waals surface area contributed by atoms with Crippen LogP contribution in [-0.4, -0.2) is 65.3 Å². The minimum absolute atomic E-state index is 0.0788. The van der Waals surface area contributed by atoms with Crippen molar-refractivity contribution in [1.29, 1.82) is 0 Å². The summed E-state index contributed by atoms with van der Waals surface area (Å²) >= 11 is 1.33. The van der Waals surface area contributed by atoms with E-state index in [1.54, 1.807) is 4.90 Å². The first-order valence-corrected chi connectivity index (χ1v) is 8.53. The van der Waals surface area contributed by atoms with Crippen molar-refractivity contribution < 1.29 is 14.4 Å². The summed E-state index contributed by atoms with van der Waals surface area (Å²) in [6.45, 7) is 3.51. The molecule has 3 saturated heterocycles. The van der Waals surface area contributed by atoms with Crippen molar-refractivity contribution in [2.75, 3.05) is 38.5 Å². The van der Waals surface area contributed by atoms with Crippen LogP contribution in [0.2, 0.25) is 0 Å². The Morgan fingerprint density at radius 2 is 2.00 bits per heavy atom. The summed E-state index contributed by atoms with van der Waals surface area (Å²) in [5.41, 5.74) is 0.0788. The maximum Gasteiger partial charge on any atom is 0.281 e. The number of amides is 3. The third kappa shape index (κ3) is 3.17. The van der Waals surface area contributed by atoms with Crippen LogP contribution in [0, 0.1) is 5.41 Å². The lowest BCUT2D eigenvalue weighted by molar-refractivity contribution is -0.133. The van der Waals surface area contributed by atoms with Crippen LogP contribution in [0.15, 0.2) is 0 Å². The van der Waals surface area contributed by atoms with Gasteiger partial charge in [0, 0.05) is 51.3 Å². The standard InChI is InChI=1S/C14H21N3O3S/c18-11-9-14(10-15-11)2-5-16(6-3-14)12(19)1-4-17-7-8-21-13(17)20/h1-10H2,(H,15,18). The monoisotopic (exact) mass is 311 g/mol. The lowest BCUT2D eigenvalue weighted by Crippen LogP contribution is -2.44. The molecule has 0 bridgehead atoms. The van der Waals surface area contributed by atoms with E-state index in [0.29, 0.717) is 19.4 Å². The van der Waals surface area contributed by atoms with E-state index in [1.165, 1.54) is 11.8 Å². The zero-order chi connectivity index (χ0) is 14.9. The van der Waals surface area contributed by atoms with Crippen LogP contribution in [0.4, 0.5) is 4.79 Å². The number of carbonyl (C=O) groups excluding carboxylic acids is 3. The summed E-state index contributed by atoms with van der Waals surface area (Å²) in [5.74, 6) is 1.10. The molecule has 21 heavy (non-hydrogen) atoms. The molecule has 1 N–H and O–H groups in total. The Morgan fingerprint density at radius 1 is 1.24 bits per heavy atom. The summed E-state index contributed by atoms with van der Waals surface area (Å²) in [5, 5.41) is 3.00. The summed E-state index contributed by atoms with van der Waals surface area (Å²) in [4.78, 5) is 38.7. The number of hydrogen-bond donors (Lipinski definition) is 1. The molecule has 0 aromatic rings. The van der Waals surface area contributed by atoms with Gasteiger partial charge in [-0.05, 0) is 18.3 Å². The minimum Gasteiger partial charge on any atom is -0.356 e. The first-order valence-electron chi connectivity index (χ1n) is 7.54. The molecule has 116 valence electrons. The molecule has 3 heterocycles. The molecule has 3 fully saturated rings. The number of nitrogens with zero attached hydrogens (tertiary/aromatic N) is 2. The molecule has 3 amide bonds. The largest absolute Gasteiger partial charge is 0.356 e. The summed E-state index contributed by atoms with van der Waals surface area (Å²) in [6.07, 6.45) is 2.82. The van der Waals surface area contributed by atoms with E-state index in [9.17, 15) is 14.4 Å². The quantitative estimate of drug-likeness (QED) is 0.832. The molecule has 6 nitrogen and oxygen atoms in total. The molecule has 1 spiro atoms. The van der Waals surface area contributed by atoms with Gasteiger partial charge < -0.3 is 15.1 Å². The van der Waals surface area contributed by atoms with E-state index in [2.05, 4.69) is 5.32 Å². The topological polar surface area (TPSA) is 69.7 Å². The van der Waals surface area contributed by atoms with Crippen LogP contribution in [0.25, 0.3) is 0 Å². The molecule has 7 heteroatoms. The average molecular weight is 311 g/mol. The Kier molecular flexibility index (Phi) is 4.10. The Labute approximate surface area is 128 Å². The zero-order valence-corrected chi connectivity index (χ0v) is 12.9. The smallest absolute Gasteiger partial charge is 0.281 e. The lowest BCUT2D eigenvalue weighted by Gasteiger charge is -2.38. The van der Waals surface area contributed by atoms with Gasteiger partial charge in [0.1, 0.15) is 0 Å². The maximum atomic E-state index is 12.2. The van der Waals surface area contributed by atoms with Gasteiger partial charge in [-0.2, -0.15) is 0 Å². The second-order valence-corrected chi connectivity index (χ2v) is 7.23. The van der Waals surface area contributed by atoms with Crippen molar-refractivity contribution in [3.05, 3.63) is 0 Å². The van der Waals surface area contributed by atoms with Gasteiger partial charge >= 0.3 is 0 Å². The second-order valence-electron chi connectivity index (χ2n) is 6.19. The van der Waals surface area contributed by atoms with Crippen molar-refractivity contribution in [2.45, 2.75) is 25.7 Å². The molecule has 0 saturated carbocycles. The Hall–Kier alpha value is -1.24. The van der Waals surface area contributed by atoms with Crippen LogP contribution in [-0.2, 0) is 9.59 Å². The van der Waals surface area contributed by atoms with E-state index >= 15 is 0 Å². The fraction of sp³-hybridized carbons (Fsp3) is 0.786. The second kappa shape index (κ2) is 5.87. The number of hydrogen-bond acceptors (Lipinski definition) is 4. The molecule has 3 aliphatic rings. The van der Waals surface area contributed by atoms with Crippen LogP contribution in [0.5, 0.6) is 0 Å². The SMILES string of the molecule is O=C1CC2(CCN(C(=O)CCN3CCSC3=O)CC2)CN1. The molecule has 3 aliphatic heterocycles. The highest BCUT2D eigenvalue weighted by atomic mass is 32.2. The van der Waals surface area contributed by atoms with Gasteiger partial charge in [0.25, 0.3) is 5.24 Å². The van der Waals surface area contributed by atoms with Crippen LogP contribution in [0.1, 0.15) is 25.7 Å². The maximum absolute atomic E-state index is 12.2. The average Bonchev–Trinajstić information content (AvgIpc) is 3.04. The van der Waals surface area contributed by atoms with E-state index < -0.39 is 0 Å². The van der Waals surface area contributed by atoms with E-state index in [1.807, 2.05) is 4.90 Å². The fourth-order valence-electron chi connectivity index (χ4n) is 3.35. The van der Waals surface area contributed by atoms with Crippen molar-refractivity contribution in [3.8, 4) is 0 Å². The summed E-state index contributed by atoms with van der Waals surface area (Å²) in [6, 6.07) is 0. The van der Waals surface area contributed by atoms with Gasteiger partial charge in [0.05, 0.1) is 0 Å². The van der Waals surface area contributed by atoms with Gasteiger partial charge in [-0.25, -0.2) is 0 Å². The number of piperidine rings is 1. The molecule has 0 aliphatic carbocycles. The number of nitrogens with one attached hydrogen (secondary N) is 1. The van der Waals surface area contributed by atoms with Crippen molar-refractivity contribution in [2.24, 2.45) is 5.41 Å². The van der Waals surface area contributed by atoms with Crippen molar-refractivity contribution in [3.63, 3.8) is 0 Å². The Bertz CT molecular complexity index is 460. The minimum atomic E-state index is 0.0788. The first-order chi connectivity index (χ1) is 10.1. The highest BCUT2D eigenvalue weighted by Crippen LogP contribution is 2.37. The van der Waals surface area contributed by atoms with Gasteiger partial charge in [-0.15, -0.1) is 0 Å². The van der Waals surface area contributed by atoms with Gasteiger partial charge in [-0.3, -0.25) is 14.4 Å². The number of thioether (sulfide) groups is 1. The summed E-state index contributed by atoms with van der Waals surface area (Å²) in [7, 11) is 0. The number of likely N-dealkylation sites (tertiary alicyclic amines) is 1. The molecule has 0 aromatic carbocycles. The number of rotatable bonds is 3. The molecule has 0 radical (unpaired) electrons. The van der Waals surface area contributed by atoms with Crippen molar-refractivity contribution in [1.82, 2.24) is 15.1 Å². The molecule has 3 rings (SSSR count). The van der Waals surface area contributed by atoms with Gasteiger partial charge in [0.2, 0.25) is 11.8 Å². The predicted octanol–water partition coefficient (Wildman–Crippen LogP) is 0.674.